The topological polar surface area (TPSA) is 49.8 Å². The Morgan fingerprint density at radius 2 is 1.86 bits per heavy atom. The lowest BCUT2D eigenvalue weighted by Crippen LogP contribution is -2.07. The molecular formula is C17H24N4. The van der Waals surface area contributed by atoms with E-state index in [4.69, 9.17) is 0 Å². The van der Waals surface area contributed by atoms with Crippen molar-refractivity contribution in [3.63, 3.8) is 0 Å². The summed E-state index contributed by atoms with van der Waals surface area (Å²) in [5.74, 6) is 1.52. The van der Waals surface area contributed by atoms with Crippen LogP contribution in [0.3, 0.4) is 0 Å². The molecule has 4 heteroatoms. The van der Waals surface area contributed by atoms with Crippen molar-refractivity contribution in [2.45, 2.75) is 40.0 Å². The van der Waals surface area contributed by atoms with Gasteiger partial charge in [0.15, 0.2) is 0 Å². The molecule has 0 fully saturated rings. The van der Waals surface area contributed by atoms with Gasteiger partial charge in [-0.25, -0.2) is 4.98 Å². The average Bonchev–Trinajstić information content (AvgIpc) is 2.46. The van der Waals surface area contributed by atoms with Crippen LogP contribution in [-0.4, -0.2) is 16.5 Å². The third-order valence-electron chi connectivity index (χ3n) is 3.33. The number of aromatic nitrogens is 2. The highest BCUT2D eigenvalue weighted by Crippen LogP contribution is 2.19. The monoisotopic (exact) mass is 284 g/mol. The molecule has 2 rings (SSSR count). The lowest BCUT2D eigenvalue weighted by molar-refractivity contribution is 0.742. The highest BCUT2D eigenvalue weighted by atomic mass is 15.1. The van der Waals surface area contributed by atoms with E-state index >= 15 is 0 Å². The highest BCUT2D eigenvalue weighted by molar-refractivity contribution is 5.59. The fraction of sp³-hybridized carbons (Fsp3) is 0.412. The first kappa shape index (κ1) is 15.3. The van der Waals surface area contributed by atoms with E-state index in [0.29, 0.717) is 5.95 Å². The van der Waals surface area contributed by atoms with Crippen molar-refractivity contribution < 1.29 is 0 Å². The number of hydrogen-bond donors (Lipinski definition) is 2. The van der Waals surface area contributed by atoms with Crippen molar-refractivity contribution in [1.29, 1.82) is 0 Å². The molecule has 2 N–H and O–H groups in total. The first-order valence-electron chi connectivity index (χ1n) is 7.61. The summed E-state index contributed by atoms with van der Waals surface area (Å²) in [6.45, 7) is 7.22. The zero-order chi connectivity index (χ0) is 15.1. The minimum Gasteiger partial charge on any atom is -0.370 e. The molecule has 0 aliphatic carbocycles. The average molecular weight is 284 g/mol. The van der Waals surface area contributed by atoms with Crippen LogP contribution in [0.4, 0.5) is 17.5 Å². The zero-order valence-corrected chi connectivity index (χ0v) is 13.1. The number of para-hydroxylation sites is 1. The van der Waals surface area contributed by atoms with Crippen molar-refractivity contribution in [2.24, 2.45) is 0 Å². The van der Waals surface area contributed by atoms with Gasteiger partial charge in [0.2, 0.25) is 5.95 Å². The number of aryl methyl sites for hydroxylation is 2. The summed E-state index contributed by atoms with van der Waals surface area (Å²) in [7, 11) is 0. The number of rotatable bonds is 7. The zero-order valence-electron chi connectivity index (χ0n) is 13.1. The van der Waals surface area contributed by atoms with E-state index in [1.54, 1.807) is 0 Å². The lowest BCUT2D eigenvalue weighted by atomic mass is 10.2. The van der Waals surface area contributed by atoms with Crippen LogP contribution < -0.4 is 10.6 Å². The van der Waals surface area contributed by atoms with Gasteiger partial charge in [0.1, 0.15) is 5.82 Å². The number of nitrogens with zero attached hydrogens (tertiary/aromatic N) is 2. The molecule has 1 aromatic carbocycles. The lowest BCUT2D eigenvalue weighted by Gasteiger charge is -2.11. The highest BCUT2D eigenvalue weighted by Gasteiger charge is 2.04. The van der Waals surface area contributed by atoms with Crippen LogP contribution in [0.15, 0.2) is 30.3 Å². The summed E-state index contributed by atoms with van der Waals surface area (Å²) in [5.41, 5.74) is 3.18. The van der Waals surface area contributed by atoms with E-state index in [1.165, 1.54) is 24.8 Å². The normalized spacial score (nSPS) is 10.4. The molecule has 21 heavy (non-hydrogen) atoms. The summed E-state index contributed by atoms with van der Waals surface area (Å²) >= 11 is 0. The van der Waals surface area contributed by atoms with Gasteiger partial charge in [0, 0.05) is 24.0 Å². The molecule has 1 heterocycles. The van der Waals surface area contributed by atoms with Crippen LogP contribution in [0.1, 0.15) is 37.4 Å². The number of unbranched alkanes of at least 4 members (excludes halogenated alkanes) is 2. The van der Waals surface area contributed by atoms with Crippen molar-refractivity contribution in [3.8, 4) is 0 Å². The third-order valence-corrected chi connectivity index (χ3v) is 3.33. The van der Waals surface area contributed by atoms with Crippen LogP contribution in [0, 0.1) is 13.8 Å². The molecule has 2 aromatic rings. The molecule has 0 bridgehead atoms. The number of nitrogens with one attached hydrogen (secondary N) is 2. The summed E-state index contributed by atoms with van der Waals surface area (Å²) in [6.07, 6.45) is 3.63. The van der Waals surface area contributed by atoms with Crippen LogP contribution in [0.25, 0.3) is 0 Å². The Labute approximate surface area is 127 Å². The molecule has 0 spiro atoms. The van der Waals surface area contributed by atoms with Crippen molar-refractivity contribution >= 4 is 17.5 Å². The number of hydrogen-bond acceptors (Lipinski definition) is 4. The Kier molecular flexibility index (Phi) is 5.55. The molecule has 0 aliphatic rings. The summed E-state index contributed by atoms with van der Waals surface area (Å²) in [4.78, 5) is 8.99. The van der Waals surface area contributed by atoms with Crippen LogP contribution in [0.5, 0.6) is 0 Å². The van der Waals surface area contributed by atoms with E-state index in [0.717, 1.165) is 23.7 Å². The largest absolute Gasteiger partial charge is 0.370 e. The van der Waals surface area contributed by atoms with Crippen molar-refractivity contribution in [2.75, 3.05) is 17.2 Å². The van der Waals surface area contributed by atoms with Gasteiger partial charge in [0.05, 0.1) is 0 Å². The molecule has 0 atom stereocenters. The summed E-state index contributed by atoms with van der Waals surface area (Å²) < 4.78 is 0. The van der Waals surface area contributed by atoms with E-state index in [1.807, 2.05) is 31.2 Å². The minimum absolute atomic E-state index is 0.641. The molecule has 112 valence electrons. The first-order chi connectivity index (χ1) is 10.2. The third kappa shape index (κ3) is 4.74. The van der Waals surface area contributed by atoms with E-state index in [-0.39, 0.29) is 0 Å². The second kappa shape index (κ2) is 7.62. The predicted molar refractivity (Wildman–Crippen MR) is 89.2 cm³/mol. The summed E-state index contributed by atoms with van der Waals surface area (Å²) in [6, 6.07) is 10.1. The molecular weight excluding hydrogens is 260 g/mol. The quantitative estimate of drug-likeness (QED) is 0.738. The Hall–Kier alpha value is -2.10. The van der Waals surface area contributed by atoms with Gasteiger partial charge in [-0.2, -0.15) is 4.98 Å². The van der Waals surface area contributed by atoms with Crippen molar-refractivity contribution in [3.05, 3.63) is 41.6 Å². The first-order valence-corrected chi connectivity index (χ1v) is 7.61. The van der Waals surface area contributed by atoms with Gasteiger partial charge in [-0.3, -0.25) is 0 Å². The summed E-state index contributed by atoms with van der Waals surface area (Å²) in [5, 5.41) is 6.66. The number of benzene rings is 1. The Morgan fingerprint density at radius 3 is 2.62 bits per heavy atom. The van der Waals surface area contributed by atoms with Gasteiger partial charge in [-0.05, 0) is 31.9 Å². The fourth-order valence-corrected chi connectivity index (χ4v) is 2.14. The second-order valence-electron chi connectivity index (χ2n) is 5.29. The van der Waals surface area contributed by atoms with Gasteiger partial charge in [-0.15, -0.1) is 0 Å². The van der Waals surface area contributed by atoms with Gasteiger partial charge >= 0.3 is 0 Å². The molecule has 0 radical (unpaired) electrons. The Bertz CT molecular complexity index is 581. The number of anilines is 3. The van der Waals surface area contributed by atoms with Gasteiger partial charge in [0.25, 0.3) is 0 Å². The maximum Gasteiger partial charge on any atom is 0.229 e. The molecule has 1 aromatic heterocycles. The van der Waals surface area contributed by atoms with Crippen molar-refractivity contribution in [1.82, 2.24) is 9.97 Å². The predicted octanol–water partition coefficient (Wildman–Crippen LogP) is 4.44. The maximum atomic E-state index is 4.53. The molecule has 0 amide bonds. The van der Waals surface area contributed by atoms with Gasteiger partial charge in [-0.1, -0.05) is 38.0 Å². The molecule has 0 saturated heterocycles. The Morgan fingerprint density at radius 1 is 1.05 bits per heavy atom. The molecule has 4 nitrogen and oxygen atoms in total. The molecule has 0 aliphatic heterocycles. The van der Waals surface area contributed by atoms with E-state index < -0.39 is 0 Å². The standard InChI is InChI=1S/C17H24N4/c1-4-5-8-11-18-16-12-14(3)19-17(21-16)20-15-10-7-6-9-13(15)2/h6-7,9-10,12H,4-5,8,11H2,1-3H3,(H2,18,19,20,21). The van der Waals surface area contributed by atoms with Crippen LogP contribution >= 0.6 is 0 Å². The van der Waals surface area contributed by atoms with Crippen LogP contribution in [0.2, 0.25) is 0 Å². The fourth-order valence-electron chi connectivity index (χ4n) is 2.14. The van der Waals surface area contributed by atoms with Crippen LogP contribution in [-0.2, 0) is 0 Å². The smallest absolute Gasteiger partial charge is 0.229 e. The SMILES string of the molecule is CCCCCNc1cc(C)nc(Nc2ccccc2C)n1. The molecule has 0 unspecified atom stereocenters. The maximum absolute atomic E-state index is 4.53. The van der Waals surface area contributed by atoms with Gasteiger partial charge < -0.3 is 10.6 Å². The minimum atomic E-state index is 0.641. The Balaban J connectivity index is 2.06. The van der Waals surface area contributed by atoms with E-state index in [2.05, 4.69) is 40.5 Å². The second-order valence-corrected chi connectivity index (χ2v) is 5.29. The van der Waals surface area contributed by atoms with E-state index in [9.17, 15) is 0 Å². The molecule has 0 saturated carbocycles.